The van der Waals surface area contributed by atoms with E-state index in [0.29, 0.717) is 5.92 Å². The van der Waals surface area contributed by atoms with E-state index in [4.69, 9.17) is 0 Å². The van der Waals surface area contributed by atoms with Crippen molar-refractivity contribution >= 4 is 6.29 Å². The van der Waals surface area contributed by atoms with E-state index in [1.807, 2.05) is 0 Å². The van der Waals surface area contributed by atoms with E-state index in [2.05, 4.69) is 0 Å². The summed E-state index contributed by atoms with van der Waals surface area (Å²) in [6.45, 7) is 0. The van der Waals surface area contributed by atoms with Crippen LogP contribution in [0, 0.1) is 0 Å². The number of benzene rings is 1. The Morgan fingerprint density at radius 2 is 1.93 bits per heavy atom. The van der Waals surface area contributed by atoms with Crippen molar-refractivity contribution in [2.45, 2.75) is 38.0 Å². The Kier molecular flexibility index (Phi) is 3.05. The lowest BCUT2D eigenvalue weighted by Gasteiger charge is -2.23. The van der Waals surface area contributed by atoms with E-state index in [0.717, 1.165) is 30.3 Å². The number of aromatic hydroxyl groups is 1. The maximum atomic E-state index is 10.9. The number of hydrogen-bond acceptors (Lipinski definition) is 2. The summed E-state index contributed by atoms with van der Waals surface area (Å²) in [5.74, 6) is 0.729. The summed E-state index contributed by atoms with van der Waals surface area (Å²) in [7, 11) is 0. The van der Waals surface area contributed by atoms with Gasteiger partial charge in [-0.3, -0.25) is 4.79 Å². The molecule has 2 nitrogen and oxygen atoms in total. The van der Waals surface area contributed by atoms with Crippen LogP contribution in [0.15, 0.2) is 18.2 Å². The van der Waals surface area contributed by atoms with Crippen LogP contribution in [-0.2, 0) is 0 Å². The summed E-state index contributed by atoms with van der Waals surface area (Å²) in [6, 6.07) is 5.04. The summed E-state index contributed by atoms with van der Waals surface area (Å²) < 4.78 is 0. The molecule has 0 aliphatic heterocycles. The molecule has 15 heavy (non-hydrogen) atoms. The standard InChI is InChI=1S/C13H16O2/c14-9-11-6-7-12(15)8-13(11)10-4-2-1-3-5-10/h6-10,15H,1-5H2. The number of phenolic OH excluding ortho intramolecular Hbond substituents is 1. The third kappa shape index (κ3) is 2.20. The minimum Gasteiger partial charge on any atom is -0.508 e. The van der Waals surface area contributed by atoms with Gasteiger partial charge in [-0.1, -0.05) is 19.3 Å². The minimum absolute atomic E-state index is 0.265. The summed E-state index contributed by atoms with van der Waals surface area (Å²) in [5, 5.41) is 9.45. The van der Waals surface area contributed by atoms with Gasteiger partial charge in [-0.15, -0.1) is 0 Å². The molecule has 0 bridgehead atoms. The molecule has 0 aromatic heterocycles. The first-order valence-electron chi connectivity index (χ1n) is 5.59. The zero-order chi connectivity index (χ0) is 10.7. The molecule has 1 aromatic carbocycles. The molecule has 1 N–H and O–H groups in total. The lowest BCUT2D eigenvalue weighted by Crippen LogP contribution is -2.07. The summed E-state index contributed by atoms with van der Waals surface area (Å²) in [6.07, 6.45) is 6.95. The highest BCUT2D eigenvalue weighted by Gasteiger charge is 2.18. The maximum absolute atomic E-state index is 10.9. The quantitative estimate of drug-likeness (QED) is 0.751. The molecule has 1 aromatic rings. The fraction of sp³-hybridized carbons (Fsp3) is 0.462. The SMILES string of the molecule is O=Cc1ccc(O)cc1C1CCCCC1. The first kappa shape index (κ1) is 10.2. The highest BCUT2D eigenvalue weighted by molar-refractivity contribution is 5.78. The van der Waals surface area contributed by atoms with Crippen molar-refractivity contribution in [3.05, 3.63) is 29.3 Å². The predicted octanol–water partition coefficient (Wildman–Crippen LogP) is 3.25. The lowest BCUT2D eigenvalue weighted by molar-refractivity contribution is 0.112. The van der Waals surface area contributed by atoms with Crippen molar-refractivity contribution in [3.8, 4) is 5.75 Å². The second kappa shape index (κ2) is 4.47. The summed E-state index contributed by atoms with van der Waals surface area (Å²) >= 11 is 0. The maximum Gasteiger partial charge on any atom is 0.150 e. The number of rotatable bonds is 2. The second-order valence-corrected chi connectivity index (χ2v) is 4.27. The van der Waals surface area contributed by atoms with Gasteiger partial charge >= 0.3 is 0 Å². The van der Waals surface area contributed by atoms with Crippen molar-refractivity contribution in [2.75, 3.05) is 0 Å². The zero-order valence-corrected chi connectivity index (χ0v) is 8.78. The smallest absolute Gasteiger partial charge is 0.150 e. The average Bonchev–Trinajstić information content (AvgIpc) is 2.30. The van der Waals surface area contributed by atoms with Crippen molar-refractivity contribution < 1.29 is 9.90 Å². The Hall–Kier alpha value is -1.31. The number of carbonyl (C=O) groups is 1. The largest absolute Gasteiger partial charge is 0.508 e. The molecule has 2 heteroatoms. The molecule has 0 unspecified atom stereocenters. The van der Waals surface area contributed by atoms with Crippen LogP contribution in [0.4, 0.5) is 0 Å². The number of phenols is 1. The van der Waals surface area contributed by atoms with Crippen LogP contribution in [0.25, 0.3) is 0 Å². The molecule has 1 aliphatic rings. The average molecular weight is 204 g/mol. The molecular weight excluding hydrogens is 188 g/mol. The van der Waals surface area contributed by atoms with Crippen molar-refractivity contribution in [1.29, 1.82) is 0 Å². The van der Waals surface area contributed by atoms with Gasteiger partial charge in [-0.05, 0) is 42.5 Å². The zero-order valence-electron chi connectivity index (χ0n) is 8.78. The van der Waals surface area contributed by atoms with E-state index in [9.17, 15) is 9.90 Å². The molecule has 1 aliphatic carbocycles. The highest BCUT2D eigenvalue weighted by Crippen LogP contribution is 2.35. The Bertz CT molecular complexity index is 352. The molecule has 2 rings (SSSR count). The van der Waals surface area contributed by atoms with Gasteiger partial charge in [0.15, 0.2) is 0 Å². The Morgan fingerprint density at radius 3 is 2.60 bits per heavy atom. The summed E-state index contributed by atoms with van der Waals surface area (Å²) in [5.41, 5.74) is 1.77. The normalized spacial score (nSPS) is 17.6. The Labute approximate surface area is 89.9 Å². The van der Waals surface area contributed by atoms with Gasteiger partial charge in [0, 0.05) is 5.56 Å². The molecule has 0 spiro atoms. The molecule has 0 radical (unpaired) electrons. The second-order valence-electron chi connectivity index (χ2n) is 4.27. The van der Waals surface area contributed by atoms with Crippen LogP contribution in [0.2, 0.25) is 0 Å². The first-order valence-corrected chi connectivity index (χ1v) is 5.59. The topological polar surface area (TPSA) is 37.3 Å². The van der Waals surface area contributed by atoms with Crippen LogP contribution in [-0.4, -0.2) is 11.4 Å². The fourth-order valence-electron chi connectivity index (χ4n) is 2.44. The van der Waals surface area contributed by atoms with Gasteiger partial charge in [0.05, 0.1) is 0 Å². The van der Waals surface area contributed by atoms with E-state index in [1.54, 1.807) is 18.2 Å². The molecule has 1 fully saturated rings. The predicted molar refractivity (Wildman–Crippen MR) is 59.3 cm³/mol. The third-order valence-electron chi connectivity index (χ3n) is 3.24. The van der Waals surface area contributed by atoms with Gasteiger partial charge in [0.25, 0.3) is 0 Å². The molecule has 0 saturated heterocycles. The van der Waals surface area contributed by atoms with Crippen LogP contribution in [0.1, 0.15) is 53.9 Å². The minimum atomic E-state index is 0.265. The molecule has 0 heterocycles. The van der Waals surface area contributed by atoms with Crippen LogP contribution in [0.5, 0.6) is 5.75 Å². The van der Waals surface area contributed by atoms with Crippen LogP contribution in [0.3, 0.4) is 0 Å². The van der Waals surface area contributed by atoms with Crippen molar-refractivity contribution in [3.63, 3.8) is 0 Å². The lowest BCUT2D eigenvalue weighted by atomic mass is 9.82. The first-order chi connectivity index (χ1) is 7.31. The van der Waals surface area contributed by atoms with Gasteiger partial charge < -0.3 is 5.11 Å². The van der Waals surface area contributed by atoms with E-state index < -0.39 is 0 Å². The number of carbonyl (C=O) groups excluding carboxylic acids is 1. The van der Waals surface area contributed by atoms with Crippen molar-refractivity contribution in [2.24, 2.45) is 0 Å². The van der Waals surface area contributed by atoms with E-state index in [1.165, 1.54) is 19.3 Å². The third-order valence-corrected chi connectivity index (χ3v) is 3.24. The van der Waals surface area contributed by atoms with E-state index in [-0.39, 0.29) is 5.75 Å². The van der Waals surface area contributed by atoms with Crippen LogP contribution < -0.4 is 0 Å². The van der Waals surface area contributed by atoms with Gasteiger partial charge in [-0.2, -0.15) is 0 Å². The molecule has 1 saturated carbocycles. The molecule has 0 atom stereocenters. The number of aldehydes is 1. The highest BCUT2D eigenvalue weighted by atomic mass is 16.3. The fourth-order valence-corrected chi connectivity index (χ4v) is 2.44. The van der Waals surface area contributed by atoms with Gasteiger partial charge in [0.1, 0.15) is 12.0 Å². The molecular formula is C13H16O2. The van der Waals surface area contributed by atoms with Gasteiger partial charge in [-0.25, -0.2) is 0 Å². The van der Waals surface area contributed by atoms with Gasteiger partial charge in [0.2, 0.25) is 0 Å². The Balaban J connectivity index is 2.31. The Morgan fingerprint density at radius 1 is 1.20 bits per heavy atom. The summed E-state index contributed by atoms with van der Waals surface area (Å²) in [4.78, 5) is 10.9. The van der Waals surface area contributed by atoms with E-state index >= 15 is 0 Å². The monoisotopic (exact) mass is 204 g/mol. The van der Waals surface area contributed by atoms with Crippen molar-refractivity contribution in [1.82, 2.24) is 0 Å². The number of hydrogen-bond donors (Lipinski definition) is 1. The molecule has 80 valence electrons. The molecule has 0 amide bonds. The van der Waals surface area contributed by atoms with Crippen LogP contribution >= 0.6 is 0 Å².